The molecule has 208 valence electrons. The van der Waals surface area contributed by atoms with Crippen LogP contribution in [-0.2, 0) is 28.1 Å². The Bertz CT molecular complexity index is 1380. The molecule has 2 aromatic rings. The lowest BCUT2D eigenvalue weighted by Gasteiger charge is -2.29. The molecular formula is C26H23Cl2F4N3O3S. The minimum Gasteiger partial charge on any atom is -0.374 e. The van der Waals surface area contributed by atoms with E-state index in [1.807, 2.05) is 4.90 Å². The average Bonchev–Trinajstić information content (AvgIpc) is 3.33. The second-order valence-corrected chi connectivity index (χ2v) is 12.2. The van der Waals surface area contributed by atoms with Crippen molar-refractivity contribution in [2.24, 2.45) is 5.16 Å². The van der Waals surface area contributed by atoms with Gasteiger partial charge in [0.15, 0.2) is 5.82 Å². The van der Waals surface area contributed by atoms with Crippen LogP contribution in [0.3, 0.4) is 0 Å². The van der Waals surface area contributed by atoms with E-state index in [0.29, 0.717) is 35.6 Å². The molecular weight excluding hydrogens is 581 g/mol. The number of halogens is 6. The summed E-state index contributed by atoms with van der Waals surface area (Å²) in [5.41, 5.74) is -1.77. The van der Waals surface area contributed by atoms with Gasteiger partial charge in [-0.05, 0) is 68.2 Å². The lowest BCUT2D eigenvalue weighted by Crippen LogP contribution is -2.42. The summed E-state index contributed by atoms with van der Waals surface area (Å²) in [6.07, 6.45) is -0.306. The smallest absolute Gasteiger partial charge is 0.374 e. The highest BCUT2D eigenvalue weighted by atomic mass is 35.5. The van der Waals surface area contributed by atoms with Crippen LogP contribution >= 0.6 is 34.5 Å². The number of amides is 2. The van der Waals surface area contributed by atoms with Crippen LogP contribution in [-0.4, -0.2) is 47.2 Å². The van der Waals surface area contributed by atoms with Gasteiger partial charge >= 0.3 is 6.18 Å². The topological polar surface area (TPSA) is 71.0 Å². The van der Waals surface area contributed by atoms with Crippen molar-refractivity contribution in [1.82, 2.24) is 10.2 Å². The molecule has 0 bridgehead atoms. The summed E-state index contributed by atoms with van der Waals surface area (Å²) in [6, 6.07) is 1.35. The fourth-order valence-electron chi connectivity index (χ4n) is 5.67. The fourth-order valence-corrected chi connectivity index (χ4v) is 7.44. The van der Waals surface area contributed by atoms with E-state index >= 15 is 0 Å². The third-order valence-corrected chi connectivity index (χ3v) is 9.73. The first-order valence-electron chi connectivity index (χ1n) is 12.7. The van der Waals surface area contributed by atoms with Crippen LogP contribution < -0.4 is 5.32 Å². The SMILES string of the molecule is O=C(NC1CCN(C2CC2)C1=O)c1sc(C2=NOC(c3cc(Cl)c(F)c(Cl)c3)(C(F)(F)F)C2)c2c1CCCC2. The zero-order valence-electron chi connectivity index (χ0n) is 20.5. The number of alkyl halides is 3. The molecule has 1 N–H and O–H groups in total. The zero-order valence-corrected chi connectivity index (χ0v) is 22.8. The van der Waals surface area contributed by atoms with Gasteiger partial charge < -0.3 is 15.1 Å². The van der Waals surface area contributed by atoms with Gasteiger partial charge in [0.05, 0.1) is 26.2 Å². The molecule has 0 spiro atoms. The number of rotatable bonds is 5. The molecule has 2 amide bonds. The highest BCUT2D eigenvalue weighted by Crippen LogP contribution is 2.51. The van der Waals surface area contributed by atoms with Crippen molar-refractivity contribution in [3.63, 3.8) is 0 Å². The molecule has 1 aromatic heterocycles. The van der Waals surface area contributed by atoms with Crippen molar-refractivity contribution in [3.05, 3.63) is 54.4 Å². The number of oxime groups is 1. The number of hydrogen-bond donors (Lipinski definition) is 1. The summed E-state index contributed by atoms with van der Waals surface area (Å²) in [7, 11) is 0. The molecule has 3 heterocycles. The summed E-state index contributed by atoms with van der Waals surface area (Å²) >= 11 is 12.7. The highest BCUT2D eigenvalue weighted by molar-refractivity contribution is 7.16. The van der Waals surface area contributed by atoms with E-state index < -0.39 is 51.6 Å². The van der Waals surface area contributed by atoms with E-state index in [-0.39, 0.29) is 17.7 Å². The van der Waals surface area contributed by atoms with Crippen LogP contribution in [0.15, 0.2) is 17.3 Å². The monoisotopic (exact) mass is 603 g/mol. The number of benzene rings is 1. The van der Waals surface area contributed by atoms with Crippen molar-refractivity contribution >= 4 is 52.1 Å². The van der Waals surface area contributed by atoms with Crippen molar-refractivity contribution in [1.29, 1.82) is 0 Å². The maximum Gasteiger partial charge on any atom is 0.435 e. The molecule has 2 atom stereocenters. The second kappa shape index (κ2) is 9.62. The Labute approximate surface area is 235 Å². The van der Waals surface area contributed by atoms with Gasteiger partial charge in [0.25, 0.3) is 11.5 Å². The number of hydrogen-bond acceptors (Lipinski definition) is 5. The predicted molar refractivity (Wildman–Crippen MR) is 138 cm³/mol. The fraction of sp³-hybridized carbons (Fsp3) is 0.500. The molecule has 1 saturated carbocycles. The largest absolute Gasteiger partial charge is 0.435 e. The standard InChI is InChI=1S/C26H23Cl2F4N3O3S/c27-16-9-12(10-17(28)20(16)29)25(26(30,31)32)11-19(34-38-25)21-14-3-1-2-4-15(14)22(39-21)23(36)33-18-7-8-35(24(18)37)13-5-6-13/h9-10,13,18H,1-8,11H2,(H,33,36). The van der Waals surface area contributed by atoms with Crippen molar-refractivity contribution in [2.45, 2.75) is 75.2 Å². The first-order chi connectivity index (χ1) is 18.5. The van der Waals surface area contributed by atoms with Gasteiger partial charge in [-0.25, -0.2) is 4.39 Å². The van der Waals surface area contributed by atoms with Gasteiger partial charge in [-0.3, -0.25) is 9.59 Å². The first-order valence-corrected chi connectivity index (χ1v) is 14.3. The number of carbonyl (C=O) groups is 2. The Morgan fingerprint density at radius 3 is 2.44 bits per heavy atom. The molecule has 6 rings (SSSR count). The molecule has 1 saturated heterocycles. The molecule has 2 aliphatic heterocycles. The van der Waals surface area contributed by atoms with Crippen molar-refractivity contribution < 1.29 is 32.0 Å². The summed E-state index contributed by atoms with van der Waals surface area (Å²) in [6.45, 7) is 0.604. The maximum absolute atomic E-state index is 14.5. The van der Waals surface area contributed by atoms with Crippen LogP contribution in [0, 0.1) is 5.82 Å². The van der Waals surface area contributed by atoms with Gasteiger partial charge in [-0.2, -0.15) is 13.2 Å². The molecule has 2 fully saturated rings. The van der Waals surface area contributed by atoms with Crippen molar-refractivity contribution in [2.75, 3.05) is 6.54 Å². The Kier molecular flexibility index (Phi) is 6.62. The molecule has 0 radical (unpaired) electrons. The van der Waals surface area contributed by atoms with E-state index in [4.69, 9.17) is 28.0 Å². The number of nitrogens with one attached hydrogen (secondary N) is 1. The Morgan fingerprint density at radius 1 is 1.13 bits per heavy atom. The lowest BCUT2D eigenvalue weighted by atomic mass is 9.85. The minimum absolute atomic E-state index is 0.0444. The van der Waals surface area contributed by atoms with Gasteiger partial charge in [0.1, 0.15) is 11.8 Å². The predicted octanol–water partition coefficient (Wildman–Crippen LogP) is 6.15. The summed E-state index contributed by atoms with van der Waals surface area (Å²) in [4.78, 5) is 33.9. The molecule has 6 nitrogen and oxygen atoms in total. The Morgan fingerprint density at radius 2 is 1.79 bits per heavy atom. The van der Waals surface area contributed by atoms with E-state index in [1.54, 1.807) is 0 Å². The van der Waals surface area contributed by atoms with E-state index in [0.717, 1.165) is 60.3 Å². The molecule has 1 aromatic carbocycles. The Hall–Kier alpha value is -2.37. The third-order valence-electron chi connectivity index (χ3n) is 7.86. The van der Waals surface area contributed by atoms with E-state index in [2.05, 4.69) is 10.5 Å². The third kappa shape index (κ3) is 4.50. The summed E-state index contributed by atoms with van der Waals surface area (Å²) < 4.78 is 57.5. The second-order valence-electron chi connectivity index (χ2n) is 10.4. The number of likely N-dealkylation sites (tertiary alicyclic amines) is 1. The van der Waals surface area contributed by atoms with E-state index in [1.165, 1.54) is 0 Å². The zero-order chi connectivity index (χ0) is 27.7. The van der Waals surface area contributed by atoms with Crippen LogP contribution in [0.25, 0.3) is 0 Å². The number of nitrogens with zero attached hydrogens (tertiary/aromatic N) is 2. The quantitative estimate of drug-likeness (QED) is 0.329. The molecule has 13 heteroatoms. The van der Waals surface area contributed by atoms with Crippen LogP contribution in [0.5, 0.6) is 0 Å². The maximum atomic E-state index is 14.5. The average molecular weight is 604 g/mol. The molecule has 39 heavy (non-hydrogen) atoms. The molecule has 2 aliphatic carbocycles. The van der Waals surface area contributed by atoms with Gasteiger partial charge in [0, 0.05) is 18.2 Å². The lowest BCUT2D eigenvalue weighted by molar-refractivity contribution is -0.275. The van der Waals surface area contributed by atoms with Gasteiger partial charge in [0.2, 0.25) is 5.91 Å². The summed E-state index contributed by atoms with van der Waals surface area (Å²) in [5, 5.41) is 5.59. The van der Waals surface area contributed by atoms with Crippen LogP contribution in [0.1, 0.15) is 69.8 Å². The number of fused-ring (bicyclic) bond motifs is 1. The highest BCUT2D eigenvalue weighted by Gasteiger charge is 2.63. The van der Waals surface area contributed by atoms with E-state index in [9.17, 15) is 27.2 Å². The minimum atomic E-state index is -4.93. The van der Waals surface area contributed by atoms with Gasteiger partial charge in [-0.1, -0.05) is 28.4 Å². The van der Waals surface area contributed by atoms with Crippen LogP contribution in [0.4, 0.5) is 17.6 Å². The number of carbonyl (C=O) groups excluding carboxylic acids is 2. The summed E-state index contributed by atoms with van der Waals surface area (Å²) in [5.74, 6) is -1.52. The van der Waals surface area contributed by atoms with Crippen LogP contribution in [0.2, 0.25) is 10.0 Å². The van der Waals surface area contributed by atoms with Gasteiger partial charge in [-0.15, -0.1) is 11.3 Å². The first kappa shape index (κ1) is 26.8. The number of thiophene rings is 1. The molecule has 2 unspecified atom stereocenters. The Balaban J connectivity index is 1.31. The normalized spacial score (nSPS) is 25.0. The molecule has 4 aliphatic rings. The van der Waals surface area contributed by atoms with Crippen molar-refractivity contribution in [3.8, 4) is 0 Å².